The van der Waals surface area contributed by atoms with E-state index in [9.17, 15) is 4.79 Å². The number of carbonyl (C=O) groups is 1. The molecule has 0 unspecified atom stereocenters. The number of nitrogens with zero attached hydrogens (tertiary/aromatic N) is 3. The van der Waals surface area contributed by atoms with Crippen molar-refractivity contribution in [1.82, 2.24) is 14.9 Å². The second kappa shape index (κ2) is 8.56. The van der Waals surface area contributed by atoms with Gasteiger partial charge in [-0.25, -0.2) is 4.98 Å². The van der Waals surface area contributed by atoms with Crippen LogP contribution in [0.5, 0.6) is 11.5 Å². The van der Waals surface area contributed by atoms with Gasteiger partial charge in [-0.1, -0.05) is 6.07 Å². The van der Waals surface area contributed by atoms with Crippen LogP contribution in [0.1, 0.15) is 33.1 Å². The first-order valence-corrected chi connectivity index (χ1v) is 8.84. The second-order valence-corrected chi connectivity index (χ2v) is 6.53. The Morgan fingerprint density at radius 1 is 1.21 bits per heavy atom. The molecule has 0 aliphatic rings. The van der Waals surface area contributed by atoms with Crippen LogP contribution >= 0.6 is 0 Å². The molecular formula is C21H23N3O4. The monoisotopic (exact) mass is 381 g/mol. The number of pyridine rings is 1. The fraction of sp³-hybridized carbons (Fsp3) is 0.286. The number of benzene rings is 1. The highest BCUT2D eigenvalue weighted by atomic mass is 16.5. The standard InChI is InChI=1S/C21H23N3O4/c1-14-5-6-18(19(9-14)26-4)27-13-20-23-17(12-28-20)21(25)24(3)11-16-7-8-22-10-15(16)2/h5-10,12H,11,13H2,1-4H3. The molecule has 0 fully saturated rings. The number of aryl methyl sites for hydroxylation is 2. The number of rotatable bonds is 7. The Morgan fingerprint density at radius 3 is 2.79 bits per heavy atom. The molecule has 3 aromatic rings. The van der Waals surface area contributed by atoms with E-state index in [2.05, 4.69) is 9.97 Å². The van der Waals surface area contributed by atoms with Crippen LogP contribution in [-0.4, -0.2) is 34.9 Å². The summed E-state index contributed by atoms with van der Waals surface area (Å²) in [6, 6.07) is 7.54. The number of oxazole rings is 1. The third kappa shape index (κ3) is 4.49. The van der Waals surface area contributed by atoms with Crippen LogP contribution in [0.4, 0.5) is 0 Å². The van der Waals surface area contributed by atoms with Gasteiger partial charge in [0.1, 0.15) is 6.26 Å². The molecule has 0 atom stereocenters. The smallest absolute Gasteiger partial charge is 0.275 e. The first-order chi connectivity index (χ1) is 13.5. The molecule has 2 heterocycles. The molecule has 0 N–H and O–H groups in total. The Kier molecular flexibility index (Phi) is 5.93. The van der Waals surface area contributed by atoms with Gasteiger partial charge in [0.25, 0.3) is 5.91 Å². The van der Waals surface area contributed by atoms with E-state index in [4.69, 9.17) is 13.9 Å². The molecule has 1 aromatic carbocycles. The Morgan fingerprint density at radius 2 is 2.04 bits per heavy atom. The lowest BCUT2D eigenvalue weighted by Gasteiger charge is -2.16. The van der Waals surface area contributed by atoms with E-state index >= 15 is 0 Å². The van der Waals surface area contributed by atoms with Crippen molar-refractivity contribution >= 4 is 5.91 Å². The molecule has 3 rings (SSSR count). The fourth-order valence-electron chi connectivity index (χ4n) is 2.71. The maximum absolute atomic E-state index is 12.6. The predicted molar refractivity (Wildman–Crippen MR) is 103 cm³/mol. The van der Waals surface area contributed by atoms with Crippen molar-refractivity contribution in [3.8, 4) is 11.5 Å². The van der Waals surface area contributed by atoms with Gasteiger partial charge in [-0.2, -0.15) is 0 Å². The minimum atomic E-state index is -0.223. The normalized spacial score (nSPS) is 10.6. The summed E-state index contributed by atoms with van der Waals surface area (Å²) in [5, 5.41) is 0. The van der Waals surface area contributed by atoms with Gasteiger partial charge in [0.05, 0.1) is 7.11 Å². The zero-order valence-electron chi connectivity index (χ0n) is 16.4. The largest absolute Gasteiger partial charge is 0.493 e. The molecule has 0 aliphatic carbocycles. The Hall–Kier alpha value is -3.35. The van der Waals surface area contributed by atoms with Crippen LogP contribution in [-0.2, 0) is 13.2 Å². The fourth-order valence-corrected chi connectivity index (χ4v) is 2.71. The number of amides is 1. The molecule has 0 saturated carbocycles. The minimum Gasteiger partial charge on any atom is -0.493 e. The van der Waals surface area contributed by atoms with Crippen LogP contribution in [0, 0.1) is 13.8 Å². The van der Waals surface area contributed by atoms with Gasteiger partial charge < -0.3 is 18.8 Å². The summed E-state index contributed by atoms with van der Waals surface area (Å²) in [4.78, 5) is 22.5. The van der Waals surface area contributed by atoms with E-state index in [1.54, 1.807) is 31.5 Å². The molecule has 1 amide bonds. The molecule has 7 heteroatoms. The van der Waals surface area contributed by atoms with Gasteiger partial charge >= 0.3 is 0 Å². The van der Waals surface area contributed by atoms with E-state index < -0.39 is 0 Å². The molecule has 0 aliphatic heterocycles. The van der Waals surface area contributed by atoms with Gasteiger partial charge in [0, 0.05) is 26.0 Å². The highest BCUT2D eigenvalue weighted by molar-refractivity contribution is 5.91. The summed E-state index contributed by atoms with van der Waals surface area (Å²) in [5.41, 5.74) is 3.37. The summed E-state index contributed by atoms with van der Waals surface area (Å²) in [7, 11) is 3.31. The quantitative estimate of drug-likeness (QED) is 0.623. The highest BCUT2D eigenvalue weighted by Crippen LogP contribution is 2.28. The van der Waals surface area contributed by atoms with E-state index in [-0.39, 0.29) is 18.2 Å². The zero-order chi connectivity index (χ0) is 20.1. The Balaban J connectivity index is 1.63. The molecule has 2 aromatic heterocycles. The van der Waals surface area contributed by atoms with E-state index in [1.165, 1.54) is 6.26 Å². The number of aromatic nitrogens is 2. The van der Waals surface area contributed by atoms with Crippen LogP contribution in [0.15, 0.2) is 47.3 Å². The van der Waals surface area contributed by atoms with Crippen LogP contribution < -0.4 is 9.47 Å². The summed E-state index contributed by atoms with van der Waals surface area (Å²) in [5.74, 6) is 1.32. The maximum Gasteiger partial charge on any atom is 0.275 e. The third-order valence-electron chi connectivity index (χ3n) is 4.33. The SMILES string of the molecule is COc1cc(C)ccc1OCc1nc(C(=O)N(C)Cc2ccncc2C)co1. The Bertz CT molecular complexity index is 968. The highest BCUT2D eigenvalue weighted by Gasteiger charge is 2.18. The molecule has 7 nitrogen and oxygen atoms in total. The van der Waals surface area contributed by atoms with E-state index in [0.717, 1.165) is 16.7 Å². The van der Waals surface area contributed by atoms with Crippen molar-refractivity contribution in [3.63, 3.8) is 0 Å². The van der Waals surface area contributed by atoms with Gasteiger partial charge in [-0.3, -0.25) is 9.78 Å². The van der Waals surface area contributed by atoms with Crippen LogP contribution in [0.25, 0.3) is 0 Å². The minimum absolute atomic E-state index is 0.0971. The summed E-state index contributed by atoms with van der Waals surface area (Å²) in [6.45, 7) is 4.50. The molecule has 146 valence electrons. The molecule has 0 spiro atoms. The summed E-state index contributed by atoms with van der Waals surface area (Å²) >= 11 is 0. The van der Waals surface area contributed by atoms with Crippen LogP contribution in [0.2, 0.25) is 0 Å². The summed E-state index contributed by atoms with van der Waals surface area (Å²) < 4.78 is 16.4. The first-order valence-electron chi connectivity index (χ1n) is 8.84. The van der Waals surface area contributed by atoms with E-state index in [0.29, 0.717) is 23.9 Å². The third-order valence-corrected chi connectivity index (χ3v) is 4.33. The lowest BCUT2D eigenvalue weighted by molar-refractivity contribution is 0.0779. The average Bonchev–Trinajstić information content (AvgIpc) is 3.17. The van der Waals surface area contributed by atoms with Crippen molar-refractivity contribution in [1.29, 1.82) is 0 Å². The molecule has 0 saturated heterocycles. The Labute approximate surface area is 163 Å². The lowest BCUT2D eigenvalue weighted by atomic mass is 10.1. The number of methoxy groups -OCH3 is 1. The number of hydrogen-bond donors (Lipinski definition) is 0. The van der Waals surface area contributed by atoms with E-state index in [1.807, 2.05) is 38.1 Å². The molecule has 0 bridgehead atoms. The number of ether oxygens (including phenoxy) is 2. The molecule has 28 heavy (non-hydrogen) atoms. The van der Waals surface area contributed by atoms with Gasteiger partial charge in [-0.05, 0) is 48.7 Å². The lowest BCUT2D eigenvalue weighted by Crippen LogP contribution is -2.26. The van der Waals surface area contributed by atoms with Gasteiger partial charge in [0.2, 0.25) is 5.89 Å². The van der Waals surface area contributed by atoms with Crippen molar-refractivity contribution in [2.75, 3.05) is 14.2 Å². The summed E-state index contributed by atoms with van der Waals surface area (Å²) in [6.07, 6.45) is 4.84. The molecular weight excluding hydrogens is 358 g/mol. The topological polar surface area (TPSA) is 77.7 Å². The van der Waals surface area contributed by atoms with Crippen molar-refractivity contribution in [2.45, 2.75) is 27.0 Å². The van der Waals surface area contributed by atoms with Gasteiger partial charge in [-0.15, -0.1) is 0 Å². The van der Waals surface area contributed by atoms with Gasteiger partial charge in [0.15, 0.2) is 23.8 Å². The number of hydrogen-bond acceptors (Lipinski definition) is 6. The van der Waals surface area contributed by atoms with Crippen molar-refractivity contribution in [2.24, 2.45) is 0 Å². The predicted octanol–water partition coefficient (Wildman–Crippen LogP) is 3.55. The first kappa shape index (κ1) is 19.4. The second-order valence-electron chi connectivity index (χ2n) is 6.53. The maximum atomic E-state index is 12.6. The van der Waals surface area contributed by atoms with Crippen LogP contribution in [0.3, 0.4) is 0 Å². The molecule has 0 radical (unpaired) electrons. The number of carbonyl (C=O) groups excluding carboxylic acids is 1. The van der Waals surface area contributed by atoms with Crippen molar-refractivity contribution in [3.05, 3.63) is 71.2 Å². The zero-order valence-corrected chi connectivity index (χ0v) is 16.4. The average molecular weight is 381 g/mol. The van der Waals surface area contributed by atoms with Crippen molar-refractivity contribution < 1.29 is 18.7 Å².